The van der Waals surface area contributed by atoms with E-state index in [0.717, 1.165) is 12.0 Å². The molecule has 3 rings (SSSR count). The number of rotatable bonds is 2. The van der Waals surface area contributed by atoms with Crippen LogP contribution in [-0.4, -0.2) is 16.3 Å². The lowest BCUT2D eigenvalue weighted by Crippen LogP contribution is -2.20. The fraction of sp³-hybridized carbons (Fsp3) is 0.235. The van der Waals surface area contributed by atoms with E-state index in [1.54, 1.807) is 25.2 Å². The summed E-state index contributed by atoms with van der Waals surface area (Å²) in [5.74, 6) is -0.118. The lowest BCUT2D eigenvalue weighted by atomic mass is 9.90. The van der Waals surface area contributed by atoms with Gasteiger partial charge in [0.05, 0.1) is 5.56 Å². The summed E-state index contributed by atoms with van der Waals surface area (Å²) in [6.45, 7) is 0. The largest absolute Gasteiger partial charge is 0.423 e. The first kappa shape index (κ1) is 14.3. The second-order valence-corrected chi connectivity index (χ2v) is 5.31. The number of hydrogen-bond donors (Lipinski definition) is 0. The van der Waals surface area contributed by atoms with Crippen molar-refractivity contribution in [1.82, 2.24) is 4.57 Å². The number of ketones is 1. The highest BCUT2D eigenvalue weighted by molar-refractivity contribution is 5.99. The summed E-state index contributed by atoms with van der Waals surface area (Å²) in [4.78, 5) is 35.7. The highest BCUT2D eigenvalue weighted by Gasteiger charge is 2.22. The predicted octanol–water partition coefficient (Wildman–Crippen LogP) is 2.12. The zero-order valence-electron chi connectivity index (χ0n) is 12.2. The topological polar surface area (TPSA) is 65.4 Å². The van der Waals surface area contributed by atoms with Crippen molar-refractivity contribution in [2.24, 2.45) is 7.05 Å². The number of ether oxygens (including phenoxy) is 1. The van der Waals surface area contributed by atoms with E-state index in [-0.39, 0.29) is 16.9 Å². The van der Waals surface area contributed by atoms with Crippen LogP contribution in [0.3, 0.4) is 0 Å². The summed E-state index contributed by atoms with van der Waals surface area (Å²) in [5, 5.41) is 0. The van der Waals surface area contributed by atoms with Gasteiger partial charge in [-0.3, -0.25) is 9.59 Å². The minimum absolute atomic E-state index is 0.0766. The Morgan fingerprint density at radius 3 is 2.77 bits per heavy atom. The maximum atomic E-state index is 12.2. The number of aryl methyl sites for hydroxylation is 1. The van der Waals surface area contributed by atoms with Gasteiger partial charge >= 0.3 is 5.97 Å². The maximum absolute atomic E-state index is 12.2. The van der Waals surface area contributed by atoms with Gasteiger partial charge in [0.15, 0.2) is 5.78 Å². The quantitative estimate of drug-likeness (QED) is 0.629. The summed E-state index contributed by atoms with van der Waals surface area (Å²) in [6, 6.07) is 7.91. The molecule has 5 heteroatoms. The average molecular weight is 297 g/mol. The Kier molecular flexibility index (Phi) is 3.63. The summed E-state index contributed by atoms with van der Waals surface area (Å²) < 4.78 is 6.78. The Morgan fingerprint density at radius 2 is 2.00 bits per heavy atom. The highest BCUT2D eigenvalue weighted by atomic mass is 16.5. The van der Waals surface area contributed by atoms with Gasteiger partial charge in [-0.1, -0.05) is 12.1 Å². The Balaban J connectivity index is 1.91. The van der Waals surface area contributed by atoms with Crippen molar-refractivity contribution in [2.75, 3.05) is 0 Å². The number of aromatic nitrogens is 1. The lowest BCUT2D eigenvalue weighted by molar-refractivity contribution is 0.0730. The van der Waals surface area contributed by atoms with Gasteiger partial charge in [0.2, 0.25) is 0 Å². The van der Waals surface area contributed by atoms with E-state index in [9.17, 15) is 14.4 Å². The molecule has 1 aliphatic rings. The molecular formula is C17H15NO4. The van der Waals surface area contributed by atoms with Gasteiger partial charge in [0.25, 0.3) is 5.56 Å². The van der Waals surface area contributed by atoms with E-state index in [4.69, 9.17) is 4.74 Å². The molecule has 0 aliphatic heterocycles. The Bertz CT molecular complexity index is 820. The number of benzene rings is 1. The number of Topliss-reactive ketones (excluding diaryl/α,β-unsaturated/α-hetero) is 1. The second-order valence-electron chi connectivity index (χ2n) is 5.31. The van der Waals surface area contributed by atoms with Gasteiger partial charge < -0.3 is 9.30 Å². The van der Waals surface area contributed by atoms with E-state index >= 15 is 0 Å². The van der Waals surface area contributed by atoms with Gasteiger partial charge in [0.1, 0.15) is 5.75 Å². The number of esters is 1. The van der Waals surface area contributed by atoms with Crippen LogP contribution in [0.1, 0.15) is 39.1 Å². The second kappa shape index (κ2) is 5.60. The van der Waals surface area contributed by atoms with Crippen molar-refractivity contribution >= 4 is 11.8 Å². The van der Waals surface area contributed by atoms with Gasteiger partial charge in [-0.15, -0.1) is 0 Å². The van der Waals surface area contributed by atoms with Crippen LogP contribution in [0.4, 0.5) is 0 Å². The van der Waals surface area contributed by atoms with Crippen LogP contribution in [0.5, 0.6) is 5.75 Å². The van der Waals surface area contributed by atoms with Crippen LogP contribution in [0, 0.1) is 0 Å². The zero-order chi connectivity index (χ0) is 15.7. The molecule has 0 unspecified atom stereocenters. The van der Waals surface area contributed by atoms with Gasteiger partial charge in [-0.05, 0) is 25.0 Å². The van der Waals surface area contributed by atoms with E-state index in [1.165, 1.54) is 22.9 Å². The molecule has 0 N–H and O–H groups in total. The summed E-state index contributed by atoms with van der Waals surface area (Å²) >= 11 is 0. The van der Waals surface area contributed by atoms with E-state index in [1.807, 2.05) is 0 Å². The number of fused-ring (bicyclic) bond motifs is 1. The van der Waals surface area contributed by atoms with Crippen LogP contribution in [0.2, 0.25) is 0 Å². The SMILES string of the molecule is Cn1ccc(C(=O)Oc2cccc3c2CCCC3=O)cc1=O. The molecule has 1 aromatic heterocycles. The highest BCUT2D eigenvalue weighted by Crippen LogP contribution is 2.30. The molecule has 1 heterocycles. The molecule has 0 radical (unpaired) electrons. The monoisotopic (exact) mass is 297 g/mol. The Morgan fingerprint density at radius 1 is 1.18 bits per heavy atom. The van der Waals surface area contributed by atoms with E-state index < -0.39 is 5.97 Å². The van der Waals surface area contributed by atoms with Gasteiger partial charge in [0, 0.05) is 36.9 Å². The van der Waals surface area contributed by atoms with Crippen LogP contribution >= 0.6 is 0 Å². The maximum Gasteiger partial charge on any atom is 0.343 e. The van der Waals surface area contributed by atoms with Crippen molar-refractivity contribution in [3.63, 3.8) is 0 Å². The number of carbonyl (C=O) groups excluding carboxylic acids is 2. The molecule has 0 saturated heterocycles. The molecule has 112 valence electrons. The van der Waals surface area contributed by atoms with Crippen LogP contribution < -0.4 is 10.3 Å². The van der Waals surface area contributed by atoms with E-state index in [2.05, 4.69) is 0 Å². The minimum atomic E-state index is -0.593. The van der Waals surface area contributed by atoms with Crippen LogP contribution in [-0.2, 0) is 13.5 Å². The molecular weight excluding hydrogens is 282 g/mol. The fourth-order valence-corrected chi connectivity index (χ4v) is 2.58. The molecule has 5 nitrogen and oxygen atoms in total. The van der Waals surface area contributed by atoms with E-state index in [0.29, 0.717) is 24.2 Å². The van der Waals surface area contributed by atoms with Crippen LogP contribution in [0.15, 0.2) is 41.3 Å². The first-order chi connectivity index (χ1) is 10.6. The number of pyridine rings is 1. The standard InChI is InChI=1S/C17H15NO4/c1-18-9-8-11(10-16(18)20)17(21)22-15-7-3-4-12-13(15)5-2-6-14(12)19/h3-4,7-10H,2,5-6H2,1H3. The molecule has 2 aromatic rings. The molecule has 22 heavy (non-hydrogen) atoms. The molecule has 0 atom stereocenters. The average Bonchev–Trinajstić information content (AvgIpc) is 2.51. The minimum Gasteiger partial charge on any atom is -0.423 e. The Hall–Kier alpha value is -2.69. The number of hydrogen-bond acceptors (Lipinski definition) is 4. The number of carbonyl (C=O) groups is 2. The van der Waals surface area contributed by atoms with Crippen molar-refractivity contribution in [2.45, 2.75) is 19.3 Å². The first-order valence-corrected chi connectivity index (χ1v) is 7.10. The molecule has 0 fully saturated rings. The molecule has 0 amide bonds. The fourth-order valence-electron chi connectivity index (χ4n) is 2.58. The lowest BCUT2D eigenvalue weighted by Gasteiger charge is -2.17. The summed E-state index contributed by atoms with van der Waals surface area (Å²) in [6.07, 6.45) is 3.51. The first-order valence-electron chi connectivity index (χ1n) is 7.10. The van der Waals surface area contributed by atoms with Crippen molar-refractivity contribution in [3.05, 3.63) is 63.6 Å². The summed E-state index contributed by atoms with van der Waals surface area (Å²) in [5.41, 5.74) is 1.32. The van der Waals surface area contributed by atoms with Crippen LogP contribution in [0.25, 0.3) is 0 Å². The molecule has 0 saturated carbocycles. The summed E-state index contributed by atoms with van der Waals surface area (Å²) in [7, 11) is 1.61. The number of nitrogens with zero attached hydrogens (tertiary/aromatic N) is 1. The third kappa shape index (κ3) is 2.57. The molecule has 1 aliphatic carbocycles. The van der Waals surface area contributed by atoms with Gasteiger partial charge in [-0.25, -0.2) is 4.79 Å². The third-order valence-electron chi connectivity index (χ3n) is 3.81. The Labute approximate surface area is 127 Å². The third-order valence-corrected chi connectivity index (χ3v) is 3.81. The van der Waals surface area contributed by atoms with Crippen molar-refractivity contribution in [1.29, 1.82) is 0 Å². The predicted molar refractivity (Wildman–Crippen MR) is 80.4 cm³/mol. The normalized spacial score (nSPS) is 13.6. The molecule has 0 spiro atoms. The zero-order valence-corrected chi connectivity index (χ0v) is 12.2. The molecule has 0 bridgehead atoms. The van der Waals surface area contributed by atoms with Crippen molar-refractivity contribution in [3.8, 4) is 5.75 Å². The van der Waals surface area contributed by atoms with Gasteiger partial charge in [-0.2, -0.15) is 0 Å². The molecule has 1 aromatic carbocycles. The van der Waals surface area contributed by atoms with Crippen molar-refractivity contribution < 1.29 is 14.3 Å². The smallest absolute Gasteiger partial charge is 0.343 e.